The third-order valence-corrected chi connectivity index (χ3v) is 7.86. The molecule has 3 unspecified atom stereocenters. The molecule has 2 aliphatic heterocycles. The first-order valence-corrected chi connectivity index (χ1v) is 14.3. The fourth-order valence-electron chi connectivity index (χ4n) is 5.30. The number of nitrogens with zero attached hydrogens (tertiary/aromatic N) is 2. The lowest BCUT2D eigenvalue weighted by Crippen LogP contribution is -2.25. The Morgan fingerprint density at radius 3 is 2.37 bits per heavy atom. The molecule has 3 aromatic carbocycles. The van der Waals surface area contributed by atoms with Crippen molar-refractivity contribution in [2.75, 3.05) is 26.7 Å². The van der Waals surface area contributed by atoms with Crippen LogP contribution in [0.1, 0.15) is 61.7 Å². The Bertz CT molecular complexity index is 1290. The summed E-state index contributed by atoms with van der Waals surface area (Å²) in [4.78, 5) is 9.36. The summed E-state index contributed by atoms with van der Waals surface area (Å²) >= 11 is 6.56. The fraction of sp³-hybridized carbons (Fsp3) is 0.419. The fourth-order valence-corrected chi connectivity index (χ4v) is 5.62. The van der Waals surface area contributed by atoms with Gasteiger partial charge < -0.3 is 21.7 Å². The average Bonchev–Trinajstić information content (AvgIpc) is 3.57. The van der Waals surface area contributed by atoms with E-state index in [9.17, 15) is 0 Å². The maximum atomic E-state index is 6.56. The van der Waals surface area contributed by atoms with Gasteiger partial charge in [-0.25, -0.2) is 0 Å². The quantitative estimate of drug-likeness (QED) is 0.138. The van der Waals surface area contributed by atoms with Crippen molar-refractivity contribution in [3.63, 3.8) is 0 Å². The number of rotatable bonds is 12. The molecule has 0 fully saturated rings. The summed E-state index contributed by atoms with van der Waals surface area (Å²) in [6.45, 7) is 2.59. The molecule has 0 amide bonds. The summed E-state index contributed by atoms with van der Waals surface area (Å²) in [5.74, 6) is 2.13. The summed E-state index contributed by atoms with van der Waals surface area (Å²) in [5, 5.41) is 12.9. The summed E-state index contributed by atoms with van der Waals surface area (Å²) in [5.41, 5.74) is 10.2. The lowest BCUT2D eigenvalue weighted by Gasteiger charge is -2.16. The van der Waals surface area contributed by atoms with Crippen LogP contribution in [0.15, 0.2) is 70.6 Å². The van der Waals surface area contributed by atoms with Gasteiger partial charge in [-0.05, 0) is 91.0 Å². The second-order valence-electron chi connectivity index (χ2n) is 10.3. The van der Waals surface area contributed by atoms with Crippen LogP contribution in [0, 0.1) is 0 Å². The Morgan fingerprint density at radius 2 is 1.55 bits per heavy atom. The van der Waals surface area contributed by atoms with Crippen LogP contribution in [0.3, 0.4) is 0 Å². The molecule has 5 rings (SSSR count). The van der Waals surface area contributed by atoms with Gasteiger partial charge in [-0.1, -0.05) is 60.1 Å². The average molecular weight is 531 g/mol. The van der Waals surface area contributed by atoms with Gasteiger partial charge in [0.1, 0.15) is 5.50 Å². The third-order valence-electron chi connectivity index (χ3n) is 7.51. The van der Waals surface area contributed by atoms with Gasteiger partial charge in [-0.2, -0.15) is 0 Å². The van der Waals surface area contributed by atoms with Gasteiger partial charge in [0.15, 0.2) is 0 Å². The molecule has 2 aliphatic rings. The molecule has 0 spiro atoms. The largest absolute Gasteiger partial charge is 0.365 e. The Hall–Kier alpha value is -2.93. The molecule has 5 N–H and O–H groups in total. The van der Waals surface area contributed by atoms with E-state index in [4.69, 9.17) is 22.3 Å². The molecule has 200 valence electrons. The van der Waals surface area contributed by atoms with Gasteiger partial charge >= 0.3 is 0 Å². The van der Waals surface area contributed by atoms with Crippen LogP contribution < -0.4 is 21.7 Å². The molecule has 0 saturated heterocycles. The number of nitrogens with one attached hydrogen (secondary N) is 3. The summed E-state index contributed by atoms with van der Waals surface area (Å²) in [6, 6.07) is 22.5. The molecule has 0 aliphatic carbocycles. The van der Waals surface area contributed by atoms with E-state index in [0.717, 1.165) is 62.4 Å². The maximum absolute atomic E-state index is 6.56. The number of alkyl halides is 1. The Kier molecular flexibility index (Phi) is 8.94. The lowest BCUT2D eigenvalue weighted by molar-refractivity contribution is 0.662. The number of fused-ring (bicyclic) bond motifs is 1. The number of hydrogen-bond acceptors (Lipinski definition) is 6. The van der Waals surface area contributed by atoms with Gasteiger partial charge in [0.25, 0.3) is 0 Å². The molecule has 2 heterocycles. The number of benzene rings is 3. The van der Waals surface area contributed by atoms with E-state index in [2.05, 4.69) is 81.6 Å². The van der Waals surface area contributed by atoms with Crippen LogP contribution >= 0.6 is 11.6 Å². The normalized spacial score (nSPS) is 20.8. The van der Waals surface area contributed by atoms with Crippen molar-refractivity contribution < 1.29 is 0 Å². The molecule has 0 bridgehead atoms. The molecule has 3 aromatic rings. The summed E-state index contributed by atoms with van der Waals surface area (Å²) in [6.07, 6.45) is 6.30. The van der Waals surface area contributed by atoms with Crippen molar-refractivity contribution in [1.82, 2.24) is 16.0 Å². The maximum Gasteiger partial charge on any atom is 0.149 e. The predicted molar refractivity (Wildman–Crippen MR) is 161 cm³/mol. The van der Waals surface area contributed by atoms with Crippen molar-refractivity contribution in [3.8, 4) is 11.1 Å². The number of halogens is 1. The van der Waals surface area contributed by atoms with E-state index >= 15 is 0 Å². The monoisotopic (exact) mass is 530 g/mol. The number of aliphatic imine (C=N–C) groups is 2. The Labute approximate surface area is 231 Å². The van der Waals surface area contributed by atoms with Crippen LogP contribution in [-0.4, -0.2) is 43.9 Å². The number of hydrogen-bond donors (Lipinski definition) is 4. The van der Waals surface area contributed by atoms with E-state index < -0.39 is 0 Å². The first-order valence-electron chi connectivity index (χ1n) is 13.9. The van der Waals surface area contributed by atoms with E-state index in [-0.39, 0.29) is 17.6 Å². The summed E-state index contributed by atoms with van der Waals surface area (Å²) < 4.78 is 0. The van der Waals surface area contributed by atoms with Crippen LogP contribution in [0.25, 0.3) is 21.9 Å². The van der Waals surface area contributed by atoms with Crippen LogP contribution in [0.4, 0.5) is 0 Å². The van der Waals surface area contributed by atoms with Crippen molar-refractivity contribution in [2.24, 2.45) is 15.7 Å². The highest BCUT2D eigenvalue weighted by molar-refractivity contribution is 6.22. The van der Waals surface area contributed by atoms with Crippen LogP contribution in [0.5, 0.6) is 0 Å². The number of unbranched alkanes of at least 4 members (excludes halogenated alkanes) is 2. The van der Waals surface area contributed by atoms with Gasteiger partial charge in [-0.15, -0.1) is 0 Å². The zero-order chi connectivity index (χ0) is 26.3. The van der Waals surface area contributed by atoms with E-state index in [1.54, 1.807) is 0 Å². The first-order chi connectivity index (χ1) is 18.6. The van der Waals surface area contributed by atoms with E-state index in [1.165, 1.54) is 33.9 Å². The predicted octanol–water partition coefficient (Wildman–Crippen LogP) is 5.68. The SMILES string of the molecule is CNCCCCC1=NCC(c2ccc3cc(-c4ccc(C5NC(CCCCN)=NC5Cl)cc4)ccc3c2)N1. The molecule has 0 aromatic heterocycles. The minimum atomic E-state index is -0.280. The summed E-state index contributed by atoms with van der Waals surface area (Å²) in [7, 11) is 2.00. The second-order valence-corrected chi connectivity index (χ2v) is 10.8. The standard InChI is InChI=1S/C31H39ClN6/c1-34-17-5-3-6-28-35-20-27(36-28)26-15-14-24-18-23(12-13-25(24)19-26)21-8-10-22(11-9-21)30-31(32)38-29(37-30)7-2-4-16-33/h8-15,18-19,27,30-31,34H,2-7,16-17,20,33H2,1H3,(H,35,36)(H,37,38). The number of nitrogens with two attached hydrogens (primary N) is 1. The molecule has 6 nitrogen and oxygen atoms in total. The minimum absolute atomic E-state index is 0.00987. The molecule has 7 heteroatoms. The molecular weight excluding hydrogens is 492 g/mol. The minimum Gasteiger partial charge on any atom is -0.365 e. The van der Waals surface area contributed by atoms with Crippen molar-refractivity contribution in [3.05, 3.63) is 71.8 Å². The van der Waals surface area contributed by atoms with Gasteiger partial charge in [0.05, 0.1) is 30.3 Å². The van der Waals surface area contributed by atoms with E-state index in [1.807, 2.05) is 7.05 Å². The molecular formula is C31H39ClN6. The van der Waals surface area contributed by atoms with Crippen LogP contribution in [0.2, 0.25) is 0 Å². The molecule has 0 radical (unpaired) electrons. The van der Waals surface area contributed by atoms with E-state index in [0.29, 0.717) is 6.54 Å². The highest BCUT2D eigenvalue weighted by atomic mass is 35.5. The van der Waals surface area contributed by atoms with Gasteiger partial charge in [0, 0.05) is 12.8 Å². The zero-order valence-electron chi connectivity index (χ0n) is 22.2. The number of amidine groups is 2. The zero-order valence-corrected chi connectivity index (χ0v) is 23.0. The highest BCUT2D eigenvalue weighted by Crippen LogP contribution is 2.31. The lowest BCUT2D eigenvalue weighted by atomic mass is 9.96. The Morgan fingerprint density at radius 1 is 0.842 bits per heavy atom. The van der Waals surface area contributed by atoms with Gasteiger partial charge in [0.2, 0.25) is 0 Å². The van der Waals surface area contributed by atoms with Crippen molar-refractivity contribution in [1.29, 1.82) is 0 Å². The smallest absolute Gasteiger partial charge is 0.149 e. The molecule has 3 atom stereocenters. The van der Waals surface area contributed by atoms with Crippen molar-refractivity contribution >= 4 is 34.0 Å². The first kappa shape index (κ1) is 26.7. The topological polar surface area (TPSA) is 86.8 Å². The van der Waals surface area contributed by atoms with Crippen LogP contribution in [-0.2, 0) is 0 Å². The van der Waals surface area contributed by atoms with Crippen molar-refractivity contribution in [2.45, 2.75) is 56.1 Å². The molecule has 0 saturated carbocycles. The van der Waals surface area contributed by atoms with Gasteiger partial charge in [-0.3, -0.25) is 9.98 Å². The Balaban J connectivity index is 1.21. The molecule has 38 heavy (non-hydrogen) atoms. The highest BCUT2D eigenvalue weighted by Gasteiger charge is 2.27. The second kappa shape index (κ2) is 12.7. The third kappa shape index (κ3) is 6.37.